The monoisotopic (exact) mass is 286 g/mol. The highest BCUT2D eigenvalue weighted by atomic mass is 79.9. The fraction of sp³-hybridized carbons (Fsp3) is 0.273. The molecule has 2 N–H and O–H groups in total. The maximum absolute atomic E-state index is 11.0. The summed E-state index contributed by atoms with van der Waals surface area (Å²) in [6.45, 7) is 1.72. The molecule has 0 atom stereocenters. The van der Waals surface area contributed by atoms with Crippen LogP contribution in [0.5, 0.6) is 0 Å². The lowest BCUT2D eigenvalue weighted by Gasteiger charge is -2.09. The lowest BCUT2D eigenvalue weighted by atomic mass is 9.96. The van der Waals surface area contributed by atoms with Crippen molar-refractivity contribution in [2.45, 2.75) is 13.3 Å². The molecule has 0 aliphatic carbocycles. The molecular formula is C11H11BrO4. The van der Waals surface area contributed by atoms with Crippen LogP contribution >= 0.6 is 15.9 Å². The fourth-order valence-corrected chi connectivity index (χ4v) is 1.95. The topological polar surface area (TPSA) is 74.6 Å². The summed E-state index contributed by atoms with van der Waals surface area (Å²) in [6, 6.07) is 2.70. The second-order valence-electron chi connectivity index (χ2n) is 3.37. The third-order valence-electron chi connectivity index (χ3n) is 2.29. The van der Waals surface area contributed by atoms with Gasteiger partial charge in [0.05, 0.1) is 11.1 Å². The molecule has 0 saturated carbocycles. The molecular weight excluding hydrogens is 276 g/mol. The van der Waals surface area contributed by atoms with Crippen LogP contribution in [0.1, 0.15) is 31.8 Å². The summed E-state index contributed by atoms with van der Waals surface area (Å²) in [5.41, 5.74) is 1.44. The number of carbonyl (C=O) groups is 2. The zero-order chi connectivity index (χ0) is 12.3. The summed E-state index contributed by atoms with van der Waals surface area (Å²) < 4.78 is 0. The largest absolute Gasteiger partial charge is 0.478 e. The SMILES string of the molecule is Cc1cc(C(=O)O)cc(C(=O)O)c1CCBr. The average Bonchev–Trinajstić information content (AvgIpc) is 2.20. The number of halogens is 1. The number of aromatic carboxylic acids is 2. The molecule has 1 rings (SSSR count). The molecule has 0 aliphatic heterocycles. The van der Waals surface area contributed by atoms with Crippen LogP contribution in [0, 0.1) is 6.92 Å². The van der Waals surface area contributed by atoms with Crippen molar-refractivity contribution in [3.63, 3.8) is 0 Å². The molecule has 1 aromatic carbocycles. The zero-order valence-corrected chi connectivity index (χ0v) is 10.2. The Balaban J connectivity index is 3.39. The van der Waals surface area contributed by atoms with Gasteiger partial charge in [-0.1, -0.05) is 15.9 Å². The molecule has 5 heteroatoms. The van der Waals surface area contributed by atoms with E-state index in [9.17, 15) is 9.59 Å². The number of aryl methyl sites for hydroxylation is 1. The summed E-state index contributed by atoms with van der Waals surface area (Å²) in [7, 11) is 0. The van der Waals surface area contributed by atoms with Gasteiger partial charge in [-0.2, -0.15) is 0 Å². The third kappa shape index (κ3) is 2.61. The van der Waals surface area contributed by atoms with E-state index in [4.69, 9.17) is 10.2 Å². The predicted molar refractivity (Wildman–Crippen MR) is 62.6 cm³/mol. The first-order chi connectivity index (χ1) is 7.47. The average molecular weight is 287 g/mol. The van der Waals surface area contributed by atoms with Crippen molar-refractivity contribution in [1.29, 1.82) is 0 Å². The van der Waals surface area contributed by atoms with E-state index in [2.05, 4.69) is 15.9 Å². The third-order valence-corrected chi connectivity index (χ3v) is 2.69. The van der Waals surface area contributed by atoms with Crippen molar-refractivity contribution < 1.29 is 19.8 Å². The first-order valence-corrected chi connectivity index (χ1v) is 5.75. The van der Waals surface area contributed by atoms with E-state index in [0.29, 0.717) is 22.9 Å². The molecule has 0 bridgehead atoms. The highest BCUT2D eigenvalue weighted by Crippen LogP contribution is 2.19. The summed E-state index contributed by atoms with van der Waals surface area (Å²) in [4.78, 5) is 21.8. The van der Waals surface area contributed by atoms with E-state index < -0.39 is 11.9 Å². The van der Waals surface area contributed by atoms with Crippen LogP contribution in [0.3, 0.4) is 0 Å². The Morgan fingerprint density at radius 3 is 2.31 bits per heavy atom. The Kier molecular flexibility index (Phi) is 4.06. The molecule has 0 radical (unpaired) electrons. The van der Waals surface area contributed by atoms with Gasteiger partial charge < -0.3 is 10.2 Å². The van der Waals surface area contributed by atoms with Gasteiger partial charge in [0.1, 0.15) is 0 Å². The molecule has 0 aromatic heterocycles. The number of benzene rings is 1. The molecule has 0 spiro atoms. The number of hydrogen-bond acceptors (Lipinski definition) is 2. The van der Waals surface area contributed by atoms with Crippen LogP contribution in [0.15, 0.2) is 12.1 Å². The van der Waals surface area contributed by atoms with Gasteiger partial charge in [-0.3, -0.25) is 0 Å². The molecule has 4 nitrogen and oxygen atoms in total. The maximum Gasteiger partial charge on any atom is 0.335 e. The Hall–Kier alpha value is -1.36. The van der Waals surface area contributed by atoms with E-state index in [1.165, 1.54) is 12.1 Å². The highest BCUT2D eigenvalue weighted by molar-refractivity contribution is 9.09. The lowest BCUT2D eigenvalue weighted by molar-refractivity contribution is 0.0695. The number of carboxylic acid groups (broad SMARTS) is 2. The smallest absolute Gasteiger partial charge is 0.335 e. The highest BCUT2D eigenvalue weighted by Gasteiger charge is 2.16. The van der Waals surface area contributed by atoms with Crippen molar-refractivity contribution in [3.05, 3.63) is 34.4 Å². The molecule has 0 heterocycles. The van der Waals surface area contributed by atoms with Crippen LogP contribution in [0.4, 0.5) is 0 Å². The van der Waals surface area contributed by atoms with Gasteiger partial charge in [0.2, 0.25) is 0 Å². The minimum Gasteiger partial charge on any atom is -0.478 e. The first-order valence-electron chi connectivity index (χ1n) is 4.63. The normalized spacial score (nSPS) is 10.1. The predicted octanol–water partition coefficient (Wildman–Crippen LogP) is 2.33. The summed E-state index contributed by atoms with van der Waals surface area (Å²) in [5.74, 6) is -2.21. The van der Waals surface area contributed by atoms with Gasteiger partial charge in [0, 0.05) is 5.33 Å². The van der Waals surface area contributed by atoms with Crippen LogP contribution in [-0.2, 0) is 6.42 Å². The van der Waals surface area contributed by atoms with Gasteiger partial charge in [0.15, 0.2) is 0 Å². The number of alkyl halides is 1. The van der Waals surface area contributed by atoms with Crippen LogP contribution < -0.4 is 0 Å². The summed E-state index contributed by atoms with van der Waals surface area (Å²) in [6.07, 6.45) is 0.563. The molecule has 0 aliphatic rings. The first kappa shape index (κ1) is 12.7. The molecule has 86 valence electrons. The molecule has 0 unspecified atom stereocenters. The maximum atomic E-state index is 11.0. The number of rotatable bonds is 4. The Morgan fingerprint density at radius 1 is 1.25 bits per heavy atom. The van der Waals surface area contributed by atoms with Gasteiger partial charge in [0.25, 0.3) is 0 Å². The van der Waals surface area contributed by atoms with E-state index in [0.717, 1.165) is 0 Å². The summed E-state index contributed by atoms with van der Waals surface area (Å²) in [5, 5.41) is 18.5. The van der Waals surface area contributed by atoms with E-state index in [-0.39, 0.29) is 11.1 Å². The molecule has 0 saturated heterocycles. The van der Waals surface area contributed by atoms with Crippen LogP contribution in [0.25, 0.3) is 0 Å². The van der Waals surface area contributed by atoms with Gasteiger partial charge in [-0.05, 0) is 36.6 Å². The minimum atomic E-state index is -1.11. The minimum absolute atomic E-state index is 0.00761. The lowest BCUT2D eigenvalue weighted by Crippen LogP contribution is -2.09. The Bertz CT molecular complexity index is 440. The number of hydrogen-bond donors (Lipinski definition) is 2. The Morgan fingerprint density at radius 2 is 1.88 bits per heavy atom. The van der Waals surface area contributed by atoms with E-state index >= 15 is 0 Å². The van der Waals surface area contributed by atoms with Crippen LogP contribution in [0.2, 0.25) is 0 Å². The molecule has 0 fully saturated rings. The second-order valence-corrected chi connectivity index (χ2v) is 4.16. The zero-order valence-electron chi connectivity index (χ0n) is 8.66. The van der Waals surface area contributed by atoms with Crippen molar-refractivity contribution in [2.24, 2.45) is 0 Å². The second kappa shape index (κ2) is 5.12. The van der Waals surface area contributed by atoms with Crippen molar-refractivity contribution >= 4 is 27.9 Å². The quantitative estimate of drug-likeness (QED) is 0.833. The van der Waals surface area contributed by atoms with Gasteiger partial charge >= 0.3 is 11.9 Å². The molecule has 1 aromatic rings. The van der Waals surface area contributed by atoms with E-state index in [1.54, 1.807) is 6.92 Å². The van der Waals surface area contributed by atoms with Crippen molar-refractivity contribution in [3.8, 4) is 0 Å². The molecule has 16 heavy (non-hydrogen) atoms. The van der Waals surface area contributed by atoms with Gasteiger partial charge in [-0.15, -0.1) is 0 Å². The van der Waals surface area contributed by atoms with E-state index in [1.807, 2.05) is 0 Å². The molecule has 0 amide bonds. The number of carboxylic acids is 2. The summed E-state index contributed by atoms with van der Waals surface area (Å²) >= 11 is 3.24. The fourth-order valence-electron chi connectivity index (χ4n) is 1.56. The van der Waals surface area contributed by atoms with Crippen molar-refractivity contribution in [1.82, 2.24) is 0 Å². The van der Waals surface area contributed by atoms with Crippen LogP contribution in [-0.4, -0.2) is 27.5 Å². The Labute approximate surface area is 101 Å². The van der Waals surface area contributed by atoms with Crippen molar-refractivity contribution in [2.75, 3.05) is 5.33 Å². The van der Waals surface area contributed by atoms with Gasteiger partial charge in [-0.25, -0.2) is 9.59 Å². The standard InChI is InChI=1S/C11H11BrO4/c1-6-4-7(10(13)14)5-9(11(15)16)8(6)2-3-12/h4-5H,2-3H2,1H3,(H,13,14)(H,15,16).